The Bertz CT molecular complexity index is 990. The SMILES string of the molecule is O=S1(=O)c2ccccc2N(c2cc(F)cc(F)c2)c2ccccc21. The fourth-order valence-corrected chi connectivity index (χ4v) is 4.55. The number of hydrogen-bond donors (Lipinski definition) is 0. The zero-order valence-corrected chi connectivity index (χ0v) is 13.1. The second-order valence-corrected chi connectivity index (χ2v) is 7.29. The fraction of sp³-hybridized carbons (Fsp3) is 0. The molecule has 120 valence electrons. The van der Waals surface area contributed by atoms with Crippen LogP contribution in [0.1, 0.15) is 0 Å². The zero-order chi connectivity index (χ0) is 16.9. The van der Waals surface area contributed by atoms with E-state index in [0.29, 0.717) is 11.4 Å². The molecule has 0 fully saturated rings. The smallest absolute Gasteiger partial charge is 0.210 e. The van der Waals surface area contributed by atoms with E-state index in [4.69, 9.17) is 0 Å². The molecule has 1 aliphatic heterocycles. The number of para-hydroxylation sites is 2. The number of nitrogens with zero attached hydrogens (tertiary/aromatic N) is 1. The number of anilines is 3. The van der Waals surface area contributed by atoms with Gasteiger partial charge in [0.05, 0.1) is 26.9 Å². The van der Waals surface area contributed by atoms with Gasteiger partial charge in [0.1, 0.15) is 11.6 Å². The molecular formula is C18H11F2NO2S. The molecule has 0 radical (unpaired) electrons. The van der Waals surface area contributed by atoms with Gasteiger partial charge in [0.25, 0.3) is 0 Å². The molecular weight excluding hydrogens is 332 g/mol. The highest BCUT2D eigenvalue weighted by atomic mass is 32.2. The lowest BCUT2D eigenvalue weighted by molar-refractivity contribution is 0.583. The minimum absolute atomic E-state index is 0.105. The van der Waals surface area contributed by atoms with Crippen LogP contribution in [0.25, 0.3) is 0 Å². The maximum Gasteiger partial charge on any atom is 0.210 e. The van der Waals surface area contributed by atoms with Gasteiger partial charge in [-0.15, -0.1) is 0 Å². The molecule has 3 aromatic rings. The Morgan fingerprint density at radius 2 is 1.17 bits per heavy atom. The quantitative estimate of drug-likeness (QED) is 0.508. The van der Waals surface area contributed by atoms with Crippen molar-refractivity contribution >= 4 is 26.9 Å². The summed E-state index contributed by atoms with van der Waals surface area (Å²) in [5, 5.41) is 0. The van der Waals surface area contributed by atoms with Gasteiger partial charge < -0.3 is 4.90 Å². The topological polar surface area (TPSA) is 37.4 Å². The third kappa shape index (κ3) is 2.11. The van der Waals surface area contributed by atoms with Gasteiger partial charge in [0.2, 0.25) is 9.84 Å². The van der Waals surface area contributed by atoms with E-state index in [1.54, 1.807) is 41.3 Å². The minimum atomic E-state index is -3.69. The first kappa shape index (κ1) is 14.8. The first-order valence-electron chi connectivity index (χ1n) is 7.18. The van der Waals surface area contributed by atoms with E-state index >= 15 is 0 Å². The van der Waals surface area contributed by atoms with E-state index < -0.39 is 21.5 Å². The van der Waals surface area contributed by atoms with Gasteiger partial charge in [-0.05, 0) is 36.4 Å². The van der Waals surface area contributed by atoms with Crippen LogP contribution in [0, 0.1) is 11.6 Å². The van der Waals surface area contributed by atoms with E-state index in [2.05, 4.69) is 0 Å². The average molecular weight is 343 g/mol. The molecule has 0 saturated heterocycles. The molecule has 24 heavy (non-hydrogen) atoms. The van der Waals surface area contributed by atoms with Gasteiger partial charge in [0, 0.05) is 6.07 Å². The van der Waals surface area contributed by atoms with Crippen molar-refractivity contribution < 1.29 is 17.2 Å². The molecule has 0 spiro atoms. The maximum absolute atomic E-state index is 13.7. The van der Waals surface area contributed by atoms with Crippen LogP contribution in [0.3, 0.4) is 0 Å². The van der Waals surface area contributed by atoms with Crippen molar-refractivity contribution in [3.63, 3.8) is 0 Å². The van der Waals surface area contributed by atoms with Crippen molar-refractivity contribution in [2.45, 2.75) is 9.79 Å². The van der Waals surface area contributed by atoms with Crippen molar-refractivity contribution in [3.05, 3.63) is 78.4 Å². The molecule has 1 heterocycles. The summed E-state index contributed by atoms with van der Waals surface area (Å²) in [5.41, 5.74) is 0.949. The largest absolute Gasteiger partial charge is 0.308 e. The first-order valence-corrected chi connectivity index (χ1v) is 8.66. The Morgan fingerprint density at radius 3 is 1.67 bits per heavy atom. The van der Waals surface area contributed by atoms with E-state index in [-0.39, 0.29) is 15.5 Å². The Hall–Kier alpha value is -2.73. The first-order chi connectivity index (χ1) is 11.5. The fourth-order valence-electron chi connectivity index (χ4n) is 2.93. The lowest BCUT2D eigenvalue weighted by atomic mass is 10.1. The van der Waals surface area contributed by atoms with Crippen LogP contribution < -0.4 is 4.90 Å². The zero-order valence-electron chi connectivity index (χ0n) is 12.3. The number of halogens is 2. The Balaban J connectivity index is 2.09. The Labute approximate surface area is 137 Å². The predicted molar refractivity (Wildman–Crippen MR) is 86.5 cm³/mol. The number of fused-ring (bicyclic) bond motifs is 2. The summed E-state index contributed by atoms with van der Waals surface area (Å²) in [5.74, 6) is -1.46. The third-order valence-corrected chi connectivity index (χ3v) is 5.75. The van der Waals surface area contributed by atoms with Crippen LogP contribution in [-0.2, 0) is 9.84 Å². The van der Waals surface area contributed by atoms with Crippen LogP contribution >= 0.6 is 0 Å². The van der Waals surface area contributed by atoms with Crippen LogP contribution in [-0.4, -0.2) is 8.42 Å². The van der Waals surface area contributed by atoms with E-state index in [0.717, 1.165) is 6.07 Å². The molecule has 0 atom stereocenters. The minimum Gasteiger partial charge on any atom is -0.308 e. The summed E-state index contributed by atoms with van der Waals surface area (Å²) in [6.45, 7) is 0. The summed E-state index contributed by atoms with van der Waals surface area (Å²) >= 11 is 0. The molecule has 0 amide bonds. The van der Waals surface area contributed by atoms with Crippen LogP contribution in [0.5, 0.6) is 0 Å². The van der Waals surface area contributed by atoms with Crippen molar-refractivity contribution in [3.8, 4) is 0 Å². The predicted octanol–water partition coefficient (Wildman–Crippen LogP) is 4.58. The van der Waals surface area contributed by atoms with Gasteiger partial charge in [-0.1, -0.05) is 24.3 Å². The van der Waals surface area contributed by atoms with Gasteiger partial charge in [-0.3, -0.25) is 0 Å². The number of sulfone groups is 1. The monoisotopic (exact) mass is 343 g/mol. The molecule has 0 N–H and O–H groups in total. The Morgan fingerprint density at radius 1 is 0.708 bits per heavy atom. The summed E-state index contributed by atoms with van der Waals surface area (Å²) in [6, 6.07) is 16.0. The Kier molecular flexibility index (Phi) is 3.18. The maximum atomic E-state index is 13.7. The molecule has 3 nitrogen and oxygen atoms in total. The molecule has 0 saturated carbocycles. The van der Waals surface area contributed by atoms with E-state index in [9.17, 15) is 17.2 Å². The molecule has 3 aromatic carbocycles. The normalized spacial score (nSPS) is 14.8. The standard InChI is InChI=1S/C18H11F2NO2S/c19-12-9-13(20)11-14(10-12)21-15-5-1-3-7-17(15)24(22,23)18-8-4-2-6-16(18)21/h1-11H. The highest BCUT2D eigenvalue weighted by molar-refractivity contribution is 7.92. The van der Waals surface area contributed by atoms with Gasteiger partial charge in [0.15, 0.2) is 0 Å². The molecule has 0 aromatic heterocycles. The lowest BCUT2D eigenvalue weighted by Gasteiger charge is -2.32. The molecule has 4 rings (SSSR count). The second-order valence-electron chi connectivity index (χ2n) is 5.40. The van der Waals surface area contributed by atoms with Crippen LogP contribution in [0.4, 0.5) is 25.8 Å². The molecule has 1 aliphatic rings. The van der Waals surface area contributed by atoms with Crippen LogP contribution in [0.15, 0.2) is 76.5 Å². The van der Waals surface area contributed by atoms with Crippen molar-refractivity contribution in [1.29, 1.82) is 0 Å². The van der Waals surface area contributed by atoms with Gasteiger partial charge in [-0.2, -0.15) is 0 Å². The highest BCUT2D eigenvalue weighted by Crippen LogP contribution is 2.47. The summed E-state index contributed by atoms with van der Waals surface area (Å²) in [4.78, 5) is 1.76. The van der Waals surface area contributed by atoms with Crippen molar-refractivity contribution in [1.82, 2.24) is 0 Å². The molecule has 0 aliphatic carbocycles. The second kappa shape index (κ2) is 5.14. The highest BCUT2D eigenvalue weighted by Gasteiger charge is 2.34. The average Bonchev–Trinajstić information content (AvgIpc) is 2.54. The molecule has 6 heteroatoms. The van der Waals surface area contributed by atoms with Gasteiger partial charge >= 0.3 is 0 Å². The third-order valence-electron chi connectivity index (χ3n) is 3.90. The summed E-state index contributed by atoms with van der Waals surface area (Å²) < 4.78 is 53.1. The van der Waals surface area contributed by atoms with Crippen molar-refractivity contribution in [2.75, 3.05) is 4.90 Å². The number of benzene rings is 3. The molecule has 0 unspecified atom stereocenters. The van der Waals surface area contributed by atoms with Gasteiger partial charge in [-0.25, -0.2) is 17.2 Å². The van der Waals surface area contributed by atoms with E-state index in [1.807, 2.05) is 0 Å². The summed E-state index contributed by atoms with van der Waals surface area (Å²) in [6.07, 6.45) is 0. The lowest BCUT2D eigenvalue weighted by Crippen LogP contribution is -2.22. The van der Waals surface area contributed by atoms with E-state index in [1.165, 1.54) is 24.3 Å². The number of rotatable bonds is 1. The summed E-state index contributed by atoms with van der Waals surface area (Å²) in [7, 11) is -3.69. The van der Waals surface area contributed by atoms with Crippen LogP contribution in [0.2, 0.25) is 0 Å². The number of hydrogen-bond acceptors (Lipinski definition) is 3. The van der Waals surface area contributed by atoms with Crippen molar-refractivity contribution in [2.24, 2.45) is 0 Å². The molecule has 0 bridgehead atoms.